The number of esters is 1. The van der Waals surface area contributed by atoms with Crippen molar-refractivity contribution in [1.82, 2.24) is 0 Å². The van der Waals surface area contributed by atoms with Crippen LogP contribution < -0.4 is 0 Å². The molecule has 1 N–H and O–H groups in total. The van der Waals surface area contributed by atoms with Gasteiger partial charge >= 0.3 is 11.9 Å². The smallest absolute Gasteiger partial charge is 0.305 e. The number of aliphatic carboxylic acids is 1. The third-order valence-electron chi connectivity index (χ3n) is 13.4. The lowest BCUT2D eigenvalue weighted by Gasteiger charge is -2.06. The number of carboxylic acid groups (broad SMARTS) is 1. The number of allylic oxidation sites excluding steroid dienone is 2. The van der Waals surface area contributed by atoms with E-state index in [0.29, 0.717) is 19.4 Å². The zero-order valence-electron chi connectivity index (χ0n) is 42.3. The van der Waals surface area contributed by atoms with E-state index in [4.69, 9.17) is 9.84 Å². The number of carbonyl (C=O) groups excluding carboxylic acids is 1. The van der Waals surface area contributed by atoms with Crippen LogP contribution in [0.5, 0.6) is 0 Å². The largest absolute Gasteiger partial charge is 0.481 e. The molecular weight excluding hydrogens is 761 g/mol. The average Bonchev–Trinajstić information content (AvgIpc) is 3.27. The highest BCUT2D eigenvalue weighted by atomic mass is 16.5. The van der Waals surface area contributed by atoms with Gasteiger partial charge in [-0.2, -0.15) is 0 Å². The quantitative estimate of drug-likeness (QED) is 0.0376. The van der Waals surface area contributed by atoms with Gasteiger partial charge in [0.1, 0.15) is 0 Å². The topological polar surface area (TPSA) is 63.6 Å². The first-order valence-corrected chi connectivity index (χ1v) is 28.7. The molecule has 0 aliphatic carbocycles. The number of carboxylic acids is 1. The highest BCUT2D eigenvalue weighted by Gasteiger charge is 2.03. The second-order valence-electron chi connectivity index (χ2n) is 19.8. The molecule has 0 aromatic rings. The van der Waals surface area contributed by atoms with Crippen LogP contribution in [0.4, 0.5) is 0 Å². The Labute approximate surface area is 389 Å². The molecule has 0 atom stereocenters. The van der Waals surface area contributed by atoms with Crippen LogP contribution in [0.2, 0.25) is 0 Å². The van der Waals surface area contributed by atoms with E-state index in [-0.39, 0.29) is 5.97 Å². The first-order chi connectivity index (χ1) is 30.7. The van der Waals surface area contributed by atoms with Crippen LogP contribution >= 0.6 is 0 Å². The van der Waals surface area contributed by atoms with Crippen LogP contribution in [0.1, 0.15) is 341 Å². The van der Waals surface area contributed by atoms with E-state index in [2.05, 4.69) is 19.1 Å². The van der Waals surface area contributed by atoms with E-state index in [1.165, 1.54) is 295 Å². The number of unbranched alkanes of at least 4 members (excludes halogenated alkanes) is 47. The first-order valence-electron chi connectivity index (χ1n) is 28.7. The van der Waals surface area contributed by atoms with Crippen LogP contribution in [-0.2, 0) is 14.3 Å². The van der Waals surface area contributed by atoms with Crippen LogP contribution in [-0.4, -0.2) is 23.7 Å². The zero-order valence-corrected chi connectivity index (χ0v) is 42.3. The Balaban J connectivity index is 3.14. The van der Waals surface area contributed by atoms with E-state index >= 15 is 0 Å². The molecule has 0 saturated carbocycles. The van der Waals surface area contributed by atoms with Crippen LogP contribution in [0.3, 0.4) is 0 Å². The Morgan fingerprint density at radius 1 is 0.306 bits per heavy atom. The minimum atomic E-state index is -0.650. The maximum atomic E-state index is 12.1. The van der Waals surface area contributed by atoms with Gasteiger partial charge < -0.3 is 9.84 Å². The highest BCUT2D eigenvalue weighted by Crippen LogP contribution is 2.18. The minimum absolute atomic E-state index is 0.0235. The number of hydrogen-bond acceptors (Lipinski definition) is 3. The third kappa shape index (κ3) is 56.7. The minimum Gasteiger partial charge on any atom is -0.481 e. The predicted molar refractivity (Wildman–Crippen MR) is 273 cm³/mol. The lowest BCUT2D eigenvalue weighted by atomic mass is 10.0. The summed E-state index contributed by atoms with van der Waals surface area (Å²) in [5.74, 6) is -0.627. The van der Waals surface area contributed by atoms with Gasteiger partial charge in [-0.15, -0.1) is 0 Å². The van der Waals surface area contributed by atoms with Gasteiger partial charge in [-0.05, 0) is 44.9 Å². The maximum absolute atomic E-state index is 12.1. The van der Waals surface area contributed by atoms with Crippen molar-refractivity contribution in [2.24, 2.45) is 0 Å². The summed E-state index contributed by atoms with van der Waals surface area (Å²) in [5, 5.41) is 8.67. The monoisotopic (exact) mass is 873 g/mol. The number of hydrogen-bond donors (Lipinski definition) is 1. The molecule has 0 aromatic carbocycles. The first kappa shape index (κ1) is 60.7. The fraction of sp³-hybridized carbons (Fsp3) is 0.931. The Kier molecular flexibility index (Phi) is 54.6. The van der Waals surface area contributed by atoms with Crippen LogP contribution in [0.15, 0.2) is 12.2 Å². The molecule has 368 valence electrons. The molecule has 0 amide bonds. The molecule has 0 fully saturated rings. The highest BCUT2D eigenvalue weighted by molar-refractivity contribution is 5.69. The van der Waals surface area contributed by atoms with Gasteiger partial charge in [0.05, 0.1) is 6.61 Å². The Hall–Kier alpha value is -1.32. The summed E-state index contributed by atoms with van der Waals surface area (Å²) in [4.78, 5) is 22.6. The molecule has 0 bridgehead atoms. The summed E-state index contributed by atoms with van der Waals surface area (Å²) in [6.07, 6.45) is 73.3. The molecule has 0 saturated heterocycles. The van der Waals surface area contributed by atoms with Crippen molar-refractivity contribution in [1.29, 1.82) is 0 Å². The molecule has 4 heteroatoms. The van der Waals surface area contributed by atoms with E-state index in [1.807, 2.05) is 0 Å². The Bertz CT molecular complexity index is 883. The van der Waals surface area contributed by atoms with Crippen LogP contribution in [0.25, 0.3) is 0 Å². The summed E-state index contributed by atoms with van der Waals surface area (Å²) in [5.41, 5.74) is 0. The lowest BCUT2D eigenvalue weighted by molar-refractivity contribution is -0.144. The molecule has 0 heterocycles. The Morgan fingerprint density at radius 2 is 0.532 bits per heavy atom. The SMILES string of the molecule is CCCCCCC=CCCCCCCCCCCCC(=O)OCCCCCCCCCCCCCCCCCCCCCCCCCCCCCCCCCCCCCC(=O)O. The molecule has 0 aliphatic rings. The fourth-order valence-electron chi connectivity index (χ4n) is 9.16. The summed E-state index contributed by atoms with van der Waals surface area (Å²) < 4.78 is 5.50. The normalized spacial score (nSPS) is 11.6. The van der Waals surface area contributed by atoms with Crippen molar-refractivity contribution in [2.45, 2.75) is 341 Å². The number of rotatable bonds is 55. The van der Waals surface area contributed by atoms with Gasteiger partial charge in [0.15, 0.2) is 0 Å². The van der Waals surface area contributed by atoms with Crippen molar-refractivity contribution < 1.29 is 19.4 Å². The third-order valence-corrected chi connectivity index (χ3v) is 13.4. The van der Waals surface area contributed by atoms with Gasteiger partial charge in [0.2, 0.25) is 0 Å². The van der Waals surface area contributed by atoms with Gasteiger partial charge in [-0.3, -0.25) is 9.59 Å². The molecule has 0 spiro atoms. The standard InChI is InChI=1S/C58H112O4/c1-2-3-4-5-6-7-8-9-10-30-34-37-40-43-46-49-52-55-58(61)62-56-53-50-47-44-41-38-35-32-29-27-25-23-21-19-17-15-13-11-12-14-16-18-20-22-24-26-28-31-33-36-39-42-45-48-51-54-57(59)60/h7-8H,2-6,9-56H2,1H3,(H,59,60). The molecule has 0 unspecified atom stereocenters. The van der Waals surface area contributed by atoms with E-state index in [1.54, 1.807) is 0 Å². The van der Waals surface area contributed by atoms with Gasteiger partial charge in [-0.25, -0.2) is 0 Å². The van der Waals surface area contributed by atoms with Gasteiger partial charge in [0.25, 0.3) is 0 Å². The molecule has 0 rings (SSSR count). The van der Waals surface area contributed by atoms with Crippen molar-refractivity contribution >= 4 is 11.9 Å². The molecule has 0 aromatic heterocycles. The molecular formula is C58H112O4. The van der Waals surface area contributed by atoms with Crippen molar-refractivity contribution in [3.05, 3.63) is 12.2 Å². The molecule has 62 heavy (non-hydrogen) atoms. The maximum Gasteiger partial charge on any atom is 0.305 e. The van der Waals surface area contributed by atoms with Gasteiger partial charge in [0, 0.05) is 12.8 Å². The summed E-state index contributed by atoms with van der Waals surface area (Å²) in [6.45, 7) is 2.90. The lowest BCUT2D eigenvalue weighted by Crippen LogP contribution is -2.05. The second-order valence-corrected chi connectivity index (χ2v) is 19.8. The number of ether oxygens (including phenoxy) is 1. The van der Waals surface area contributed by atoms with Crippen molar-refractivity contribution in [2.75, 3.05) is 6.61 Å². The fourth-order valence-corrected chi connectivity index (χ4v) is 9.16. The van der Waals surface area contributed by atoms with Crippen LogP contribution in [0, 0.1) is 0 Å². The zero-order chi connectivity index (χ0) is 44.8. The summed E-state index contributed by atoms with van der Waals surface area (Å²) in [7, 11) is 0. The van der Waals surface area contributed by atoms with Crippen molar-refractivity contribution in [3.8, 4) is 0 Å². The van der Waals surface area contributed by atoms with E-state index in [9.17, 15) is 9.59 Å². The summed E-state index contributed by atoms with van der Waals surface area (Å²) >= 11 is 0. The molecule has 4 nitrogen and oxygen atoms in total. The van der Waals surface area contributed by atoms with Gasteiger partial charge in [-0.1, -0.05) is 295 Å². The predicted octanol–water partition coefficient (Wildman–Crippen LogP) is 20.5. The average molecular weight is 874 g/mol. The molecule has 0 aliphatic heterocycles. The molecule has 0 radical (unpaired) electrons. The number of carbonyl (C=O) groups is 2. The van der Waals surface area contributed by atoms with E-state index in [0.717, 1.165) is 25.7 Å². The summed E-state index contributed by atoms with van der Waals surface area (Å²) in [6, 6.07) is 0. The van der Waals surface area contributed by atoms with Crippen molar-refractivity contribution in [3.63, 3.8) is 0 Å². The second kappa shape index (κ2) is 55.8. The van der Waals surface area contributed by atoms with E-state index < -0.39 is 5.97 Å². The Morgan fingerprint density at radius 3 is 0.806 bits per heavy atom.